The topological polar surface area (TPSA) is 84.4 Å². The third-order valence-electron chi connectivity index (χ3n) is 4.09. The summed E-state index contributed by atoms with van der Waals surface area (Å²) in [5, 5.41) is 12.6. The highest BCUT2D eigenvalue weighted by Gasteiger charge is 2.36. The van der Waals surface area contributed by atoms with Crippen LogP contribution in [0.5, 0.6) is 5.75 Å². The van der Waals surface area contributed by atoms with Gasteiger partial charge >= 0.3 is 0 Å². The molecule has 1 N–H and O–H groups in total. The fourth-order valence-corrected chi connectivity index (χ4v) is 3.83. The smallest absolute Gasteiger partial charge is 0.231 e. The van der Waals surface area contributed by atoms with Gasteiger partial charge in [-0.2, -0.15) is 0 Å². The summed E-state index contributed by atoms with van der Waals surface area (Å²) in [6.07, 6.45) is 1.93. The highest BCUT2D eigenvalue weighted by molar-refractivity contribution is 7.15. The number of carbonyl (C=O) groups excluding carboxylic acids is 2. The van der Waals surface area contributed by atoms with E-state index >= 15 is 0 Å². The molecule has 1 saturated heterocycles. The maximum absolute atomic E-state index is 12.5. The zero-order chi connectivity index (χ0) is 18.7. The summed E-state index contributed by atoms with van der Waals surface area (Å²) in [6, 6.07) is 5.06. The monoisotopic (exact) mass is 394 g/mol. The Hall–Kier alpha value is -2.19. The van der Waals surface area contributed by atoms with Crippen molar-refractivity contribution in [2.45, 2.75) is 26.2 Å². The van der Waals surface area contributed by atoms with E-state index in [1.165, 1.54) is 23.3 Å². The van der Waals surface area contributed by atoms with Gasteiger partial charge < -0.3 is 15.0 Å². The van der Waals surface area contributed by atoms with Gasteiger partial charge in [0.15, 0.2) is 0 Å². The van der Waals surface area contributed by atoms with E-state index in [1.54, 1.807) is 18.2 Å². The van der Waals surface area contributed by atoms with Crippen LogP contribution in [0.4, 0.5) is 10.8 Å². The highest BCUT2D eigenvalue weighted by Crippen LogP contribution is 2.35. The quantitative estimate of drug-likeness (QED) is 0.813. The molecule has 1 fully saturated rings. The van der Waals surface area contributed by atoms with E-state index in [-0.39, 0.29) is 24.8 Å². The zero-order valence-corrected chi connectivity index (χ0v) is 16.1. The van der Waals surface area contributed by atoms with Crippen LogP contribution in [0, 0.1) is 5.92 Å². The number of benzene rings is 1. The van der Waals surface area contributed by atoms with Gasteiger partial charge in [-0.1, -0.05) is 29.9 Å². The Morgan fingerprint density at radius 2 is 2.27 bits per heavy atom. The average Bonchev–Trinajstić information content (AvgIpc) is 3.21. The van der Waals surface area contributed by atoms with Gasteiger partial charge in [0.25, 0.3) is 0 Å². The van der Waals surface area contributed by atoms with Gasteiger partial charge in [0.1, 0.15) is 10.8 Å². The molecule has 138 valence electrons. The molecule has 1 aliphatic rings. The van der Waals surface area contributed by atoms with Crippen molar-refractivity contribution in [1.82, 2.24) is 10.2 Å². The lowest BCUT2D eigenvalue weighted by molar-refractivity contribution is -0.122. The number of aryl methyl sites for hydroxylation is 1. The molecular formula is C17H19ClN4O3S. The second-order valence-electron chi connectivity index (χ2n) is 5.96. The summed E-state index contributed by atoms with van der Waals surface area (Å²) in [6.45, 7) is 2.32. The van der Waals surface area contributed by atoms with Crippen LogP contribution in [0.15, 0.2) is 18.2 Å². The molecule has 0 saturated carbocycles. The molecule has 9 heteroatoms. The minimum absolute atomic E-state index is 0.127. The summed E-state index contributed by atoms with van der Waals surface area (Å²) in [4.78, 5) is 26.5. The predicted molar refractivity (Wildman–Crippen MR) is 101 cm³/mol. The Morgan fingerprint density at radius 3 is 3.00 bits per heavy atom. The number of rotatable bonds is 6. The number of nitrogens with one attached hydrogen (secondary N) is 1. The Kier molecular flexibility index (Phi) is 5.73. The molecule has 1 aliphatic heterocycles. The number of amides is 2. The predicted octanol–water partition coefficient (Wildman–Crippen LogP) is 3.14. The van der Waals surface area contributed by atoms with Crippen LogP contribution in [0.1, 0.15) is 24.8 Å². The standard InChI is InChI=1S/C17H19ClN4O3S/c1-3-4-14-20-21-17(26-14)19-16(24)10-7-15(23)22(9-10)12-8-11(18)5-6-13(12)25-2/h5-6,8,10H,3-4,7,9H2,1-2H3,(H,19,21,24). The average molecular weight is 395 g/mol. The van der Waals surface area contributed by atoms with Crippen LogP contribution in [0.2, 0.25) is 5.02 Å². The minimum Gasteiger partial charge on any atom is -0.495 e. The molecule has 1 aromatic carbocycles. The fraction of sp³-hybridized carbons (Fsp3) is 0.412. The SMILES string of the molecule is CCCc1nnc(NC(=O)C2CC(=O)N(c3cc(Cl)ccc3OC)C2)s1. The van der Waals surface area contributed by atoms with Crippen LogP contribution < -0.4 is 15.0 Å². The van der Waals surface area contributed by atoms with E-state index < -0.39 is 5.92 Å². The second kappa shape index (κ2) is 8.01. The first-order chi connectivity index (χ1) is 12.5. The number of hydrogen-bond donors (Lipinski definition) is 1. The van der Waals surface area contributed by atoms with E-state index in [0.717, 1.165) is 17.8 Å². The van der Waals surface area contributed by atoms with E-state index in [9.17, 15) is 9.59 Å². The lowest BCUT2D eigenvalue weighted by Gasteiger charge is -2.19. The van der Waals surface area contributed by atoms with Crippen LogP contribution in [-0.4, -0.2) is 35.7 Å². The van der Waals surface area contributed by atoms with E-state index in [0.29, 0.717) is 21.6 Å². The van der Waals surface area contributed by atoms with Crippen molar-refractivity contribution in [2.24, 2.45) is 5.92 Å². The first kappa shape index (κ1) is 18.6. The Labute approximate surface area is 160 Å². The van der Waals surface area contributed by atoms with Gasteiger partial charge in [-0.15, -0.1) is 10.2 Å². The first-order valence-electron chi connectivity index (χ1n) is 8.29. The van der Waals surface area contributed by atoms with Crippen LogP contribution in [0.3, 0.4) is 0 Å². The molecule has 26 heavy (non-hydrogen) atoms. The van der Waals surface area contributed by atoms with Crippen LogP contribution >= 0.6 is 22.9 Å². The normalized spacial score (nSPS) is 16.8. The van der Waals surface area contributed by atoms with Crippen molar-refractivity contribution >= 4 is 45.6 Å². The van der Waals surface area contributed by atoms with Crippen molar-refractivity contribution in [3.05, 3.63) is 28.2 Å². The number of ether oxygens (including phenoxy) is 1. The van der Waals surface area contributed by atoms with Crippen LogP contribution in [0.25, 0.3) is 0 Å². The molecule has 2 aromatic rings. The Balaban J connectivity index is 1.71. The molecule has 1 atom stereocenters. The molecular weight excluding hydrogens is 376 g/mol. The summed E-state index contributed by atoms with van der Waals surface area (Å²) in [7, 11) is 1.53. The van der Waals surface area contributed by atoms with Crippen molar-refractivity contribution in [2.75, 3.05) is 23.9 Å². The number of hydrogen-bond acceptors (Lipinski definition) is 6. The zero-order valence-electron chi connectivity index (χ0n) is 14.5. The van der Waals surface area contributed by atoms with Gasteiger partial charge in [-0.25, -0.2) is 0 Å². The third kappa shape index (κ3) is 3.96. The molecule has 2 amide bonds. The number of halogens is 1. The Morgan fingerprint density at radius 1 is 1.46 bits per heavy atom. The molecule has 0 spiro atoms. The lowest BCUT2D eigenvalue weighted by atomic mass is 10.1. The van der Waals surface area contributed by atoms with Crippen molar-refractivity contribution in [3.8, 4) is 5.75 Å². The van der Waals surface area contributed by atoms with E-state index in [1.807, 2.05) is 0 Å². The molecule has 0 bridgehead atoms. The third-order valence-corrected chi connectivity index (χ3v) is 5.22. The van der Waals surface area contributed by atoms with Crippen molar-refractivity contribution < 1.29 is 14.3 Å². The second-order valence-corrected chi connectivity index (χ2v) is 7.46. The Bertz CT molecular complexity index is 826. The highest BCUT2D eigenvalue weighted by atomic mass is 35.5. The van der Waals surface area contributed by atoms with Gasteiger partial charge in [-0.3, -0.25) is 9.59 Å². The maximum Gasteiger partial charge on any atom is 0.231 e. The van der Waals surface area contributed by atoms with Gasteiger partial charge in [0.05, 0.1) is 18.7 Å². The number of nitrogens with zero attached hydrogens (tertiary/aromatic N) is 3. The fourth-order valence-electron chi connectivity index (χ4n) is 2.82. The molecule has 7 nitrogen and oxygen atoms in total. The van der Waals surface area contributed by atoms with Crippen LogP contribution in [-0.2, 0) is 16.0 Å². The van der Waals surface area contributed by atoms with Gasteiger partial charge in [0, 0.05) is 24.4 Å². The van der Waals surface area contributed by atoms with Crippen molar-refractivity contribution in [1.29, 1.82) is 0 Å². The molecule has 0 aliphatic carbocycles. The molecule has 1 aromatic heterocycles. The lowest BCUT2D eigenvalue weighted by Crippen LogP contribution is -2.28. The largest absolute Gasteiger partial charge is 0.495 e. The molecule has 2 heterocycles. The van der Waals surface area contributed by atoms with Gasteiger partial charge in [0.2, 0.25) is 16.9 Å². The summed E-state index contributed by atoms with van der Waals surface area (Å²) < 4.78 is 5.31. The van der Waals surface area contributed by atoms with Gasteiger partial charge in [-0.05, 0) is 24.6 Å². The molecule has 0 radical (unpaired) electrons. The number of carbonyl (C=O) groups is 2. The maximum atomic E-state index is 12.5. The van der Waals surface area contributed by atoms with E-state index in [2.05, 4.69) is 22.4 Å². The van der Waals surface area contributed by atoms with E-state index in [4.69, 9.17) is 16.3 Å². The minimum atomic E-state index is -0.468. The number of aromatic nitrogens is 2. The summed E-state index contributed by atoms with van der Waals surface area (Å²) in [5.74, 6) is -0.308. The number of anilines is 2. The number of methoxy groups -OCH3 is 1. The molecule has 3 rings (SSSR count). The summed E-state index contributed by atoms with van der Waals surface area (Å²) in [5.41, 5.74) is 0.571. The first-order valence-corrected chi connectivity index (χ1v) is 9.48. The summed E-state index contributed by atoms with van der Waals surface area (Å²) >= 11 is 7.41. The van der Waals surface area contributed by atoms with Crippen molar-refractivity contribution in [3.63, 3.8) is 0 Å². The molecule has 1 unspecified atom stereocenters.